The molecule has 33 heavy (non-hydrogen) atoms. The van der Waals surface area contributed by atoms with Crippen LogP contribution in [0, 0.1) is 29.6 Å². The molecule has 0 bridgehead atoms. The molecule has 0 aliphatic heterocycles. The van der Waals surface area contributed by atoms with Crippen molar-refractivity contribution in [3.05, 3.63) is 0 Å². The monoisotopic (exact) mass is 488 g/mol. The Morgan fingerprint density at radius 3 is 1.45 bits per heavy atom. The fraction of sp³-hybridized carbons (Fsp3) is 1.00. The lowest BCUT2D eigenvalue weighted by molar-refractivity contribution is -0.0561. The minimum atomic E-state index is 0.305. The molecule has 0 amide bonds. The fourth-order valence-corrected chi connectivity index (χ4v) is 5.98. The molecule has 0 aromatic rings. The summed E-state index contributed by atoms with van der Waals surface area (Å²) in [6, 6.07) is 0. The first-order chi connectivity index (χ1) is 15.7. The summed E-state index contributed by atoms with van der Waals surface area (Å²) in [7, 11) is 0. The lowest BCUT2D eigenvalue weighted by Gasteiger charge is -2.24. The van der Waals surface area contributed by atoms with Crippen LogP contribution < -0.4 is 0 Å². The van der Waals surface area contributed by atoms with E-state index in [0.717, 1.165) is 55.6 Å². The molecule has 0 rings (SSSR count). The van der Waals surface area contributed by atoms with Gasteiger partial charge in [-0.1, -0.05) is 80.1 Å². The summed E-state index contributed by atoms with van der Waals surface area (Å²) in [4.78, 5) is 0. The van der Waals surface area contributed by atoms with Crippen LogP contribution in [0.25, 0.3) is 0 Å². The van der Waals surface area contributed by atoms with E-state index in [4.69, 9.17) is 21.1 Å². The van der Waals surface area contributed by atoms with E-state index < -0.39 is 0 Å². The zero-order valence-electron chi connectivity index (χ0n) is 23.7. The third kappa shape index (κ3) is 23.7. The zero-order valence-corrected chi connectivity index (χ0v) is 24.4. The molecule has 200 valence electrons. The SMILES string of the molecule is CCCCCCCCCOCOCCCC(C)CC(C)CC(C)CC(C)CC(C)CC(C)Cl. The van der Waals surface area contributed by atoms with Crippen molar-refractivity contribution < 1.29 is 9.47 Å². The third-order valence-electron chi connectivity index (χ3n) is 6.99. The van der Waals surface area contributed by atoms with Crippen LogP contribution in [-0.2, 0) is 9.47 Å². The molecular weight excluding hydrogens is 428 g/mol. The maximum absolute atomic E-state index is 6.17. The van der Waals surface area contributed by atoms with E-state index >= 15 is 0 Å². The summed E-state index contributed by atoms with van der Waals surface area (Å²) in [5, 5.41) is 0.305. The molecule has 0 heterocycles. The summed E-state index contributed by atoms with van der Waals surface area (Å²) in [6.07, 6.45) is 18.2. The van der Waals surface area contributed by atoms with Gasteiger partial charge in [-0.3, -0.25) is 0 Å². The second-order valence-electron chi connectivity index (χ2n) is 11.7. The first-order valence-electron chi connectivity index (χ1n) is 14.5. The van der Waals surface area contributed by atoms with Crippen molar-refractivity contribution in [2.45, 2.75) is 144 Å². The molecule has 0 saturated carbocycles. The first kappa shape index (κ1) is 33.2. The number of ether oxygens (including phenoxy) is 2. The van der Waals surface area contributed by atoms with Crippen molar-refractivity contribution in [2.75, 3.05) is 20.0 Å². The van der Waals surface area contributed by atoms with Crippen molar-refractivity contribution in [3.8, 4) is 0 Å². The smallest absolute Gasteiger partial charge is 0.146 e. The molecule has 0 aliphatic carbocycles. The molecule has 0 aromatic carbocycles. The largest absolute Gasteiger partial charge is 0.355 e. The predicted molar refractivity (Wildman–Crippen MR) is 148 cm³/mol. The predicted octanol–water partition coefficient (Wildman–Crippen LogP) is 10.3. The van der Waals surface area contributed by atoms with E-state index in [1.165, 1.54) is 77.0 Å². The molecule has 0 radical (unpaired) electrons. The van der Waals surface area contributed by atoms with Gasteiger partial charge in [0.1, 0.15) is 6.79 Å². The van der Waals surface area contributed by atoms with Crippen LogP contribution in [0.5, 0.6) is 0 Å². The van der Waals surface area contributed by atoms with E-state index in [2.05, 4.69) is 48.5 Å². The molecule has 6 unspecified atom stereocenters. The van der Waals surface area contributed by atoms with Gasteiger partial charge >= 0.3 is 0 Å². The Labute approximate surface area is 214 Å². The number of unbranched alkanes of at least 4 members (excludes halogenated alkanes) is 6. The lowest BCUT2D eigenvalue weighted by Crippen LogP contribution is -2.13. The average Bonchev–Trinajstić information content (AvgIpc) is 2.70. The second-order valence-corrected chi connectivity index (χ2v) is 12.4. The highest BCUT2D eigenvalue weighted by Gasteiger charge is 2.17. The Bertz CT molecular complexity index is 401. The van der Waals surface area contributed by atoms with Crippen LogP contribution >= 0.6 is 11.6 Å². The Morgan fingerprint density at radius 1 is 0.515 bits per heavy atom. The van der Waals surface area contributed by atoms with Crippen molar-refractivity contribution in [2.24, 2.45) is 29.6 Å². The zero-order chi connectivity index (χ0) is 24.9. The third-order valence-corrected chi connectivity index (χ3v) is 7.17. The van der Waals surface area contributed by atoms with Crippen molar-refractivity contribution in [1.29, 1.82) is 0 Å². The molecule has 6 atom stereocenters. The van der Waals surface area contributed by atoms with Gasteiger partial charge in [-0.05, 0) is 87.9 Å². The quantitative estimate of drug-likeness (QED) is 0.0763. The minimum Gasteiger partial charge on any atom is -0.355 e. The van der Waals surface area contributed by atoms with Gasteiger partial charge in [0.15, 0.2) is 0 Å². The van der Waals surface area contributed by atoms with E-state index in [1.54, 1.807) is 0 Å². The summed E-state index contributed by atoms with van der Waals surface area (Å²) in [5.41, 5.74) is 0. The van der Waals surface area contributed by atoms with Crippen molar-refractivity contribution >= 4 is 11.6 Å². The Kier molecular flexibility index (Phi) is 22.8. The molecule has 0 saturated heterocycles. The topological polar surface area (TPSA) is 18.5 Å². The molecular formula is C30H61ClO2. The maximum Gasteiger partial charge on any atom is 0.146 e. The average molecular weight is 489 g/mol. The molecule has 0 aliphatic rings. The summed E-state index contributed by atoms with van der Waals surface area (Å²) in [6.45, 7) is 18.6. The van der Waals surface area contributed by atoms with Gasteiger partial charge in [0.25, 0.3) is 0 Å². The fourth-order valence-electron chi connectivity index (χ4n) is 5.68. The summed E-state index contributed by atoms with van der Waals surface area (Å²) < 4.78 is 11.3. The van der Waals surface area contributed by atoms with Gasteiger partial charge < -0.3 is 9.47 Å². The summed E-state index contributed by atoms with van der Waals surface area (Å²) >= 11 is 6.17. The van der Waals surface area contributed by atoms with E-state index in [-0.39, 0.29) is 0 Å². The molecule has 0 fully saturated rings. The van der Waals surface area contributed by atoms with Gasteiger partial charge in [-0.15, -0.1) is 11.6 Å². The maximum atomic E-state index is 6.17. The lowest BCUT2D eigenvalue weighted by atomic mass is 9.82. The van der Waals surface area contributed by atoms with Gasteiger partial charge in [0.05, 0.1) is 0 Å². The molecule has 2 nitrogen and oxygen atoms in total. The van der Waals surface area contributed by atoms with Gasteiger partial charge in [0, 0.05) is 18.6 Å². The summed E-state index contributed by atoms with van der Waals surface area (Å²) in [5.74, 6) is 3.96. The van der Waals surface area contributed by atoms with Crippen LogP contribution in [0.3, 0.4) is 0 Å². The number of halogens is 1. The minimum absolute atomic E-state index is 0.305. The Hall–Kier alpha value is 0.210. The van der Waals surface area contributed by atoms with Crippen molar-refractivity contribution in [3.63, 3.8) is 0 Å². The van der Waals surface area contributed by atoms with Crippen LogP contribution in [-0.4, -0.2) is 25.4 Å². The molecule has 0 N–H and O–H groups in total. The van der Waals surface area contributed by atoms with Crippen LogP contribution in [0.1, 0.15) is 138 Å². The van der Waals surface area contributed by atoms with E-state index in [1.807, 2.05) is 0 Å². The normalized spacial score (nSPS) is 17.5. The Balaban J connectivity index is 3.62. The van der Waals surface area contributed by atoms with E-state index in [0.29, 0.717) is 12.2 Å². The highest BCUT2D eigenvalue weighted by Crippen LogP contribution is 2.29. The van der Waals surface area contributed by atoms with Crippen LogP contribution in [0.2, 0.25) is 0 Å². The highest BCUT2D eigenvalue weighted by atomic mass is 35.5. The van der Waals surface area contributed by atoms with Gasteiger partial charge in [0.2, 0.25) is 0 Å². The van der Waals surface area contributed by atoms with Crippen LogP contribution in [0.4, 0.5) is 0 Å². The molecule has 3 heteroatoms. The van der Waals surface area contributed by atoms with Crippen molar-refractivity contribution in [1.82, 2.24) is 0 Å². The number of rotatable bonds is 24. The van der Waals surface area contributed by atoms with Gasteiger partial charge in [-0.25, -0.2) is 0 Å². The molecule has 0 spiro atoms. The Morgan fingerprint density at radius 2 is 0.939 bits per heavy atom. The van der Waals surface area contributed by atoms with Crippen LogP contribution in [0.15, 0.2) is 0 Å². The highest BCUT2D eigenvalue weighted by molar-refractivity contribution is 6.20. The second kappa shape index (κ2) is 22.7. The first-order valence-corrected chi connectivity index (χ1v) is 15.0. The van der Waals surface area contributed by atoms with Gasteiger partial charge in [-0.2, -0.15) is 0 Å². The molecule has 0 aromatic heterocycles. The van der Waals surface area contributed by atoms with E-state index in [9.17, 15) is 0 Å². The standard InChI is InChI=1S/C30H61ClO2/c1-8-9-10-11-12-13-14-17-32-24-33-18-15-16-25(2)19-26(3)20-27(4)21-28(5)22-29(6)23-30(7)31/h25-30H,8-24H2,1-7H3. The number of hydrogen-bond donors (Lipinski definition) is 0. The number of hydrogen-bond acceptors (Lipinski definition) is 2. The number of alkyl halides is 1.